The van der Waals surface area contributed by atoms with Gasteiger partial charge < -0.3 is 15.2 Å². The number of nitrogens with two attached hydrogens (primary N) is 2. The smallest absolute Gasteiger partial charge is 0.457 e. The highest BCUT2D eigenvalue weighted by molar-refractivity contribution is 5.85. The Hall–Kier alpha value is -2.91. The molecule has 2 aromatic rings. The predicted octanol–water partition coefficient (Wildman–Crippen LogP) is 2.02. The average molecular weight is 394 g/mol. The first kappa shape index (κ1) is 19.8. The summed E-state index contributed by atoms with van der Waals surface area (Å²) in [5.74, 6) is -3.98. The number of fused-ring (bicyclic) bond motifs is 3. The van der Waals surface area contributed by atoms with Crippen molar-refractivity contribution in [3.8, 4) is 11.1 Å². The molecule has 28 heavy (non-hydrogen) atoms. The molecule has 4 N–H and O–H groups in total. The molecule has 1 aliphatic carbocycles. The van der Waals surface area contributed by atoms with Gasteiger partial charge in [-0.3, -0.25) is 5.73 Å². The number of esters is 2. The number of hydrogen-bond donors (Lipinski definition) is 2. The van der Waals surface area contributed by atoms with Crippen LogP contribution in [-0.2, 0) is 32.1 Å². The molecule has 0 spiro atoms. The maximum absolute atomic E-state index is 12.4. The van der Waals surface area contributed by atoms with E-state index in [0.29, 0.717) is 12.0 Å². The number of benzene rings is 2. The van der Waals surface area contributed by atoms with Gasteiger partial charge in [0, 0.05) is 0 Å². The molecule has 0 fully saturated rings. The Kier molecular flexibility index (Phi) is 5.14. The second kappa shape index (κ2) is 7.25. The van der Waals surface area contributed by atoms with E-state index in [-0.39, 0.29) is 6.61 Å². The summed E-state index contributed by atoms with van der Waals surface area (Å²) in [6.07, 6.45) is -4.68. The van der Waals surface area contributed by atoms with Crippen LogP contribution in [0.5, 0.6) is 0 Å². The molecule has 1 aliphatic rings. The van der Waals surface area contributed by atoms with Gasteiger partial charge in [0.15, 0.2) is 0 Å². The van der Waals surface area contributed by atoms with Crippen LogP contribution >= 0.6 is 0 Å². The number of ether oxygens (including phenoxy) is 2. The molecule has 1 atom stereocenters. The van der Waals surface area contributed by atoms with Crippen molar-refractivity contribution in [2.45, 2.75) is 24.9 Å². The first-order valence-corrected chi connectivity index (χ1v) is 8.31. The predicted molar refractivity (Wildman–Crippen MR) is 92.6 cm³/mol. The minimum absolute atomic E-state index is 0.251. The van der Waals surface area contributed by atoms with Crippen LogP contribution in [0.2, 0.25) is 0 Å². The second-order valence-electron chi connectivity index (χ2n) is 6.33. The Morgan fingerprint density at radius 2 is 1.68 bits per heavy atom. The molecule has 2 aromatic carbocycles. The van der Waals surface area contributed by atoms with Crippen LogP contribution in [0.4, 0.5) is 13.2 Å². The monoisotopic (exact) mass is 394 g/mol. The van der Waals surface area contributed by atoms with E-state index in [1.54, 1.807) is 12.1 Å². The molecule has 148 valence electrons. The minimum atomic E-state index is -5.31. The van der Waals surface area contributed by atoms with Crippen molar-refractivity contribution in [3.05, 3.63) is 59.2 Å². The Balaban J connectivity index is 1.74. The number of rotatable bonds is 5. The van der Waals surface area contributed by atoms with Crippen LogP contribution < -0.4 is 11.5 Å². The van der Waals surface area contributed by atoms with Gasteiger partial charge in [-0.15, -0.1) is 0 Å². The molecule has 0 bridgehead atoms. The quantitative estimate of drug-likeness (QED) is 0.507. The van der Waals surface area contributed by atoms with Gasteiger partial charge in [0.1, 0.15) is 6.61 Å². The SMILES string of the molecule is NCC(N)(OC(=O)C(F)(F)F)C(=O)OCc1cccc2c1Cc1ccccc1-2. The molecule has 6 nitrogen and oxygen atoms in total. The van der Waals surface area contributed by atoms with Crippen molar-refractivity contribution >= 4 is 11.9 Å². The summed E-state index contributed by atoms with van der Waals surface area (Å²) in [5.41, 5.74) is 12.7. The maximum atomic E-state index is 12.4. The third-order valence-electron chi connectivity index (χ3n) is 4.46. The lowest BCUT2D eigenvalue weighted by molar-refractivity contribution is -0.218. The summed E-state index contributed by atoms with van der Waals surface area (Å²) in [4.78, 5) is 23.2. The van der Waals surface area contributed by atoms with Crippen molar-refractivity contribution in [1.29, 1.82) is 0 Å². The normalized spacial score (nSPS) is 14.6. The molecular formula is C19H17F3N2O4. The zero-order valence-electron chi connectivity index (χ0n) is 14.6. The second-order valence-corrected chi connectivity index (χ2v) is 6.33. The third kappa shape index (κ3) is 3.71. The number of hydrogen-bond acceptors (Lipinski definition) is 6. The number of carbonyl (C=O) groups is 2. The number of carbonyl (C=O) groups excluding carboxylic acids is 2. The zero-order valence-corrected chi connectivity index (χ0v) is 14.6. The van der Waals surface area contributed by atoms with Crippen molar-refractivity contribution in [1.82, 2.24) is 0 Å². The maximum Gasteiger partial charge on any atom is 0.491 e. The Bertz CT molecular complexity index is 930. The highest BCUT2D eigenvalue weighted by Crippen LogP contribution is 2.38. The van der Waals surface area contributed by atoms with Crippen LogP contribution in [0.1, 0.15) is 16.7 Å². The molecule has 9 heteroatoms. The van der Waals surface area contributed by atoms with E-state index >= 15 is 0 Å². The van der Waals surface area contributed by atoms with Crippen LogP contribution in [0.3, 0.4) is 0 Å². The topological polar surface area (TPSA) is 105 Å². The molecule has 3 rings (SSSR count). The van der Waals surface area contributed by atoms with Gasteiger partial charge in [-0.05, 0) is 34.2 Å². The van der Waals surface area contributed by atoms with E-state index < -0.39 is 30.4 Å². The fourth-order valence-corrected chi connectivity index (χ4v) is 3.01. The van der Waals surface area contributed by atoms with Crippen molar-refractivity contribution in [3.63, 3.8) is 0 Å². The molecular weight excluding hydrogens is 377 g/mol. The van der Waals surface area contributed by atoms with Crippen LogP contribution in [0, 0.1) is 0 Å². The first-order valence-electron chi connectivity index (χ1n) is 8.31. The first-order chi connectivity index (χ1) is 13.2. The molecule has 0 heterocycles. The van der Waals surface area contributed by atoms with E-state index in [2.05, 4.69) is 4.74 Å². The molecule has 0 saturated carbocycles. The van der Waals surface area contributed by atoms with E-state index in [9.17, 15) is 22.8 Å². The van der Waals surface area contributed by atoms with Gasteiger partial charge in [0.2, 0.25) is 0 Å². The molecule has 0 radical (unpaired) electrons. The number of alkyl halides is 3. The van der Waals surface area contributed by atoms with Gasteiger partial charge in [-0.2, -0.15) is 13.2 Å². The third-order valence-corrected chi connectivity index (χ3v) is 4.46. The summed E-state index contributed by atoms with van der Waals surface area (Å²) in [7, 11) is 0. The summed E-state index contributed by atoms with van der Waals surface area (Å²) in [6.45, 7) is -1.12. The highest BCUT2D eigenvalue weighted by Gasteiger charge is 2.48. The lowest BCUT2D eigenvalue weighted by Crippen LogP contribution is -2.59. The van der Waals surface area contributed by atoms with Gasteiger partial charge in [0.25, 0.3) is 5.72 Å². The van der Waals surface area contributed by atoms with Crippen LogP contribution in [0.15, 0.2) is 42.5 Å². The molecule has 0 aliphatic heterocycles. The van der Waals surface area contributed by atoms with E-state index in [1.165, 1.54) is 0 Å². The van der Waals surface area contributed by atoms with Crippen molar-refractivity contribution < 1.29 is 32.2 Å². The summed E-state index contributed by atoms with van der Waals surface area (Å²) >= 11 is 0. The van der Waals surface area contributed by atoms with Gasteiger partial charge in [0.05, 0.1) is 6.54 Å². The minimum Gasteiger partial charge on any atom is -0.457 e. The largest absolute Gasteiger partial charge is 0.491 e. The van der Waals surface area contributed by atoms with Gasteiger partial charge in [-0.1, -0.05) is 42.5 Å². The molecule has 0 saturated heterocycles. The van der Waals surface area contributed by atoms with Crippen LogP contribution in [0.25, 0.3) is 11.1 Å². The van der Waals surface area contributed by atoms with Crippen LogP contribution in [-0.4, -0.2) is 30.4 Å². The van der Waals surface area contributed by atoms with E-state index in [4.69, 9.17) is 16.2 Å². The molecule has 0 aromatic heterocycles. The molecule has 0 amide bonds. The summed E-state index contributed by atoms with van der Waals surface area (Å²) in [6, 6.07) is 13.3. The van der Waals surface area contributed by atoms with Crippen molar-refractivity contribution in [2.75, 3.05) is 6.54 Å². The summed E-state index contributed by atoms with van der Waals surface area (Å²) < 4.78 is 46.3. The average Bonchev–Trinajstić information content (AvgIpc) is 3.04. The lowest BCUT2D eigenvalue weighted by Gasteiger charge is -2.26. The zero-order chi connectivity index (χ0) is 20.5. The van der Waals surface area contributed by atoms with E-state index in [1.807, 2.05) is 30.3 Å². The lowest BCUT2D eigenvalue weighted by atomic mass is 10.0. The highest BCUT2D eigenvalue weighted by atomic mass is 19.4. The molecule has 1 unspecified atom stereocenters. The Morgan fingerprint density at radius 1 is 1.00 bits per heavy atom. The fourth-order valence-electron chi connectivity index (χ4n) is 3.01. The Morgan fingerprint density at radius 3 is 2.36 bits per heavy atom. The van der Waals surface area contributed by atoms with Crippen molar-refractivity contribution in [2.24, 2.45) is 11.5 Å². The Labute approximate surface area is 158 Å². The summed E-state index contributed by atoms with van der Waals surface area (Å²) in [5, 5.41) is 0. The fraction of sp³-hybridized carbons (Fsp3) is 0.263. The standard InChI is InChI=1S/C19H17F3N2O4/c20-19(21,22)17(26)28-18(24,10-23)16(25)27-9-12-5-3-7-14-13-6-2-1-4-11(13)8-15(12)14/h1-7H,8-10,23-24H2. The van der Waals surface area contributed by atoms with Gasteiger partial charge in [-0.25, -0.2) is 9.59 Å². The number of halogens is 3. The van der Waals surface area contributed by atoms with Gasteiger partial charge >= 0.3 is 18.1 Å². The van der Waals surface area contributed by atoms with E-state index in [0.717, 1.165) is 22.3 Å².